The van der Waals surface area contributed by atoms with Gasteiger partial charge in [-0.3, -0.25) is 45.5 Å². The standard InChI is InChI=1S/2C18H37N5O9.5H2O4S/c2*19-3-9-8(25)2-7(22)17(29-9)31-15-5(20)1-6(21)16(14(15)28)32-18-13(27)11(23)12(26)10(4-24)30-18;5*1-5(2,3)4/h2*5-18,24-28H,1-4,19-23H2;5*(H2,1,2,3,4). The van der Waals surface area contributed by atoms with E-state index in [2.05, 4.69) is 0 Å². The molecule has 0 aromatic heterocycles. The van der Waals surface area contributed by atoms with Crippen molar-refractivity contribution >= 4 is 52.0 Å². The Bertz CT molecular complexity index is 2310. The van der Waals surface area contributed by atoms with E-state index in [-0.39, 0.29) is 38.8 Å². The molecule has 89 heavy (non-hydrogen) atoms. The maximum Gasteiger partial charge on any atom is 0.394 e. The fraction of sp³-hybridized carbons (Fsp3) is 1.00. The largest absolute Gasteiger partial charge is 0.394 e. The van der Waals surface area contributed by atoms with Crippen LogP contribution in [0, 0.1) is 0 Å². The Hall–Kier alpha value is -1.77. The minimum Gasteiger partial charge on any atom is -0.394 e. The number of aliphatic hydroxyl groups excluding tert-OH is 10. The van der Waals surface area contributed by atoms with Crippen molar-refractivity contribution in [3.63, 3.8) is 0 Å². The summed E-state index contributed by atoms with van der Waals surface area (Å²) in [6.07, 6.45) is -21.5. The lowest BCUT2D eigenvalue weighted by molar-refractivity contribution is -0.314. The Morgan fingerprint density at radius 1 is 0.315 bits per heavy atom. The van der Waals surface area contributed by atoms with Gasteiger partial charge in [-0.25, -0.2) is 0 Å². The zero-order valence-electron chi connectivity index (χ0n) is 45.9. The van der Waals surface area contributed by atoms with Crippen LogP contribution in [0.1, 0.15) is 25.7 Å². The van der Waals surface area contributed by atoms with Crippen molar-refractivity contribution in [1.82, 2.24) is 0 Å². The molecule has 0 radical (unpaired) electrons. The van der Waals surface area contributed by atoms with Gasteiger partial charge >= 0.3 is 52.0 Å². The third kappa shape index (κ3) is 34.0. The predicted molar refractivity (Wildman–Crippen MR) is 288 cm³/mol. The molecule has 53 heteroatoms. The molecule has 48 nitrogen and oxygen atoms in total. The van der Waals surface area contributed by atoms with Gasteiger partial charge in [0.05, 0.1) is 61.8 Å². The second-order valence-corrected chi connectivity index (χ2v) is 24.3. The summed E-state index contributed by atoms with van der Waals surface area (Å²) in [7, 11) is -23.3. The first-order chi connectivity index (χ1) is 40.2. The molecule has 28 unspecified atom stereocenters. The molecule has 0 aromatic rings. The summed E-state index contributed by atoms with van der Waals surface area (Å²) < 4.78 is 203. The Kier molecular flexibility index (Phi) is 37.3. The molecule has 4 aliphatic heterocycles. The van der Waals surface area contributed by atoms with E-state index in [1.165, 1.54) is 0 Å². The van der Waals surface area contributed by atoms with Crippen LogP contribution in [-0.2, 0) is 89.9 Å². The molecule has 4 heterocycles. The quantitative estimate of drug-likeness (QED) is 0.0807. The van der Waals surface area contributed by atoms with Crippen LogP contribution in [0.15, 0.2) is 0 Å². The summed E-state index contributed by atoms with van der Waals surface area (Å²) in [5, 5.41) is 101. The molecular weight excluding hydrogens is 1340 g/mol. The molecule has 0 bridgehead atoms. The van der Waals surface area contributed by atoms with Crippen LogP contribution < -0.4 is 57.3 Å². The van der Waals surface area contributed by atoms with Gasteiger partial charge in [-0.2, -0.15) is 42.1 Å². The minimum absolute atomic E-state index is 0.0542. The van der Waals surface area contributed by atoms with E-state index in [9.17, 15) is 51.1 Å². The predicted octanol–water partition coefficient (Wildman–Crippen LogP) is -15.9. The lowest BCUT2D eigenvalue weighted by Crippen LogP contribution is -2.68. The van der Waals surface area contributed by atoms with E-state index in [0.29, 0.717) is 0 Å². The van der Waals surface area contributed by atoms with Gasteiger partial charge < -0.3 is 146 Å². The van der Waals surface area contributed by atoms with Gasteiger partial charge in [-0.15, -0.1) is 0 Å². The maximum atomic E-state index is 11.0. The molecular formula is C36H84N10O38S5. The average molecular weight is 1430 g/mol. The summed E-state index contributed by atoms with van der Waals surface area (Å²) >= 11 is 0. The zero-order valence-corrected chi connectivity index (χ0v) is 50.0. The van der Waals surface area contributed by atoms with Crippen LogP contribution in [0.3, 0.4) is 0 Å². The normalized spacial score (nSPS) is 41.1. The van der Waals surface area contributed by atoms with Gasteiger partial charge in [-0.1, -0.05) is 0 Å². The minimum atomic E-state index is -4.67. The second kappa shape index (κ2) is 38.1. The van der Waals surface area contributed by atoms with Crippen molar-refractivity contribution in [1.29, 1.82) is 0 Å². The Morgan fingerprint density at radius 2 is 0.517 bits per heavy atom. The highest BCUT2D eigenvalue weighted by atomic mass is 32.3. The highest BCUT2D eigenvalue weighted by Crippen LogP contribution is 2.33. The highest BCUT2D eigenvalue weighted by molar-refractivity contribution is 7.80. The lowest BCUT2D eigenvalue weighted by atomic mass is 9.84. The first-order valence-corrected chi connectivity index (χ1v) is 32.0. The summed E-state index contributed by atoms with van der Waals surface area (Å²) in [6.45, 7) is -0.998. The van der Waals surface area contributed by atoms with E-state index in [1.807, 2.05) is 0 Å². The van der Waals surface area contributed by atoms with Gasteiger partial charge in [0.25, 0.3) is 0 Å². The maximum absolute atomic E-state index is 11.0. The lowest BCUT2D eigenvalue weighted by Gasteiger charge is -2.47. The first kappa shape index (κ1) is 87.2. The van der Waals surface area contributed by atoms with Crippen molar-refractivity contribution in [2.75, 3.05) is 26.3 Å². The van der Waals surface area contributed by atoms with E-state index in [0.717, 1.165) is 0 Å². The molecule has 0 aromatic carbocycles. The van der Waals surface area contributed by atoms with Gasteiger partial charge in [0, 0.05) is 37.3 Å². The van der Waals surface area contributed by atoms with Crippen molar-refractivity contribution in [2.24, 2.45) is 57.3 Å². The molecule has 0 amide bonds. The Balaban J connectivity index is 0.00000126. The third-order valence-corrected chi connectivity index (χ3v) is 12.8. The highest BCUT2D eigenvalue weighted by Gasteiger charge is 2.52. The molecule has 536 valence electrons. The van der Waals surface area contributed by atoms with Gasteiger partial charge in [-0.05, 0) is 25.7 Å². The fourth-order valence-corrected chi connectivity index (χ4v) is 8.86. The Labute approximate surface area is 507 Å². The fourth-order valence-electron chi connectivity index (χ4n) is 8.86. The Morgan fingerprint density at radius 3 is 0.719 bits per heavy atom. The smallest absolute Gasteiger partial charge is 0.394 e. The molecule has 6 rings (SSSR count). The van der Waals surface area contributed by atoms with Crippen LogP contribution in [0.25, 0.3) is 0 Å². The average Bonchev–Trinajstić information content (AvgIpc) is 2.88. The van der Waals surface area contributed by atoms with E-state index in [4.69, 9.17) is 183 Å². The first-order valence-electron chi connectivity index (χ1n) is 25.0. The summed E-state index contributed by atoms with van der Waals surface area (Å²) in [5.74, 6) is 0. The van der Waals surface area contributed by atoms with Gasteiger partial charge in [0.15, 0.2) is 25.2 Å². The zero-order chi connectivity index (χ0) is 70.0. The number of rotatable bonds is 12. The van der Waals surface area contributed by atoms with Gasteiger partial charge in [0.2, 0.25) is 0 Å². The number of nitrogens with two attached hydrogens (primary N) is 10. The second-order valence-electron chi connectivity index (χ2n) is 19.8. The van der Waals surface area contributed by atoms with Crippen LogP contribution >= 0.6 is 0 Å². The summed E-state index contributed by atoms with van der Waals surface area (Å²) in [5.41, 5.74) is 59.5. The third-order valence-electron chi connectivity index (χ3n) is 12.8. The number of ether oxygens (including phenoxy) is 8. The van der Waals surface area contributed by atoms with E-state index < -0.39 is 236 Å². The van der Waals surface area contributed by atoms with Crippen LogP contribution in [-0.4, -0.2) is 336 Å². The van der Waals surface area contributed by atoms with Crippen LogP contribution in [0.5, 0.6) is 0 Å². The molecule has 40 N–H and O–H groups in total. The molecule has 2 aliphatic carbocycles. The number of hydrogen-bond acceptors (Lipinski definition) is 38. The molecule has 2 saturated carbocycles. The summed E-state index contributed by atoms with van der Waals surface area (Å²) in [4.78, 5) is 0. The molecule has 0 spiro atoms. The molecule has 6 aliphatic rings. The van der Waals surface area contributed by atoms with E-state index in [1.54, 1.807) is 0 Å². The monoisotopic (exact) mass is 1420 g/mol. The van der Waals surface area contributed by atoms with Crippen molar-refractivity contribution < 1.29 is 177 Å². The molecule has 4 saturated heterocycles. The van der Waals surface area contributed by atoms with Gasteiger partial charge in [0.1, 0.15) is 73.2 Å². The van der Waals surface area contributed by atoms with Crippen molar-refractivity contribution in [3.05, 3.63) is 0 Å². The number of hydrogen-bond donors (Lipinski definition) is 30. The van der Waals surface area contributed by atoms with Crippen molar-refractivity contribution in [2.45, 2.75) is 197 Å². The number of aliphatic hydroxyl groups is 10. The van der Waals surface area contributed by atoms with Crippen LogP contribution in [0.4, 0.5) is 0 Å². The molecule has 28 atom stereocenters. The van der Waals surface area contributed by atoms with E-state index >= 15 is 0 Å². The SMILES string of the molecule is NCC1OC(OC2C(N)CC(N)C(OC3OC(CO)C(O)C(N)C3O)C2O)C(N)CC1O.NCC1OC(OC2C(N)CC(N)C(OC3OC(CO)C(O)C(N)C3O)C2O)C(N)CC1O.O=S(=O)(O)O.O=S(=O)(O)O.O=S(=O)(O)O.O=S(=O)(O)O.O=S(=O)(O)O. The molecule has 6 fully saturated rings. The van der Waals surface area contributed by atoms with Crippen molar-refractivity contribution in [3.8, 4) is 0 Å². The summed E-state index contributed by atoms with van der Waals surface area (Å²) in [6, 6.07) is -6.53. The van der Waals surface area contributed by atoms with Crippen LogP contribution in [0.2, 0.25) is 0 Å². The topological polar surface area (TPSA) is 909 Å².